The maximum absolute atomic E-state index is 10.7. The summed E-state index contributed by atoms with van der Waals surface area (Å²) in [4.78, 5) is 39.7. The molecule has 3 N–H and O–H groups in total. The highest BCUT2D eigenvalue weighted by molar-refractivity contribution is 7.51. The Hall–Kier alpha value is -0.750. The quantitative estimate of drug-likeness (QED) is 0.360. The predicted molar refractivity (Wildman–Crippen MR) is 41.6 cm³/mol. The van der Waals surface area contributed by atoms with Crippen molar-refractivity contribution < 1.29 is 23.9 Å². The molecule has 1 aliphatic rings. The number of nitrogens with zero attached hydrogens (tertiary/aromatic N) is 1. The number of hydrogen-bond acceptors (Lipinski definition) is 4. The Bertz CT molecular complexity index is 269. The van der Waals surface area contributed by atoms with Crippen molar-refractivity contribution in [1.82, 2.24) is 10.2 Å². The van der Waals surface area contributed by atoms with Gasteiger partial charge in [-0.25, -0.2) is 0 Å². The number of imide groups is 1. The van der Waals surface area contributed by atoms with Gasteiger partial charge in [0.1, 0.15) is 6.29 Å². The van der Waals surface area contributed by atoms with Gasteiger partial charge in [0.05, 0.1) is 13.1 Å². The third-order valence-electron chi connectivity index (χ3n) is 1.40. The van der Waals surface area contributed by atoms with E-state index in [9.17, 15) is 14.2 Å². The molecule has 8 heteroatoms. The first kappa shape index (κ1) is 10.3. The molecule has 0 saturated carbocycles. The van der Waals surface area contributed by atoms with E-state index < -0.39 is 25.7 Å². The molecule has 0 atom stereocenters. The van der Waals surface area contributed by atoms with Crippen LogP contribution < -0.4 is 5.32 Å². The third kappa shape index (κ3) is 3.65. The van der Waals surface area contributed by atoms with E-state index in [4.69, 9.17) is 9.79 Å². The van der Waals surface area contributed by atoms with Crippen LogP contribution in [0.4, 0.5) is 0 Å². The number of carbonyl (C=O) groups is 2. The van der Waals surface area contributed by atoms with Gasteiger partial charge in [0.25, 0.3) is 0 Å². The molecule has 1 aliphatic heterocycles. The summed E-state index contributed by atoms with van der Waals surface area (Å²) in [6.45, 7) is -0.312. The third-order valence-corrected chi connectivity index (χ3v) is 2.17. The molecule has 7 nitrogen and oxygen atoms in total. The van der Waals surface area contributed by atoms with Crippen LogP contribution in [0, 0.1) is 0 Å². The van der Waals surface area contributed by atoms with Crippen LogP contribution in [0.15, 0.2) is 0 Å². The van der Waals surface area contributed by atoms with Crippen LogP contribution in [0.25, 0.3) is 0 Å². The van der Waals surface area contributed by atoms with Gasteiger partial charge in [0, 0.05) is 0 Å². The molecule has 1 rings (SSSR count). The van der Waals surface area contributed by atoms with E-state index >= 15 is 0 Å². The van der Waals surface area contributed by atoms with E-state index in [2.05, 4.69) is 0 Å². The maximum atomic E-state index is 10.7. The Balaban J connectivity index is 2.56. The highest BCUT2D eigenvalue weighted by atomic mass is 31.2. The zero-order valence-corrected chi connectivity index (χ0v) is 7.53. The Labute approximate surface area is 73.9 Å². The van der Waals surface area contributed by atoms with Crippen LogP contribution in [0.3, 0.4) is 0 Å². The van der Waals surface area contributed by atoms with Gasteiger partial charge in [-0.3, -0.25) is 24.4 Å². The van der Waals surface area contributed by atoms with Gasteiger partial charge in [-0.05, 0) is 0 Å². The zero-order chi connectivity index (χ0) is 10.1. The van der Waals surface area contributed by atoms with Crippen LogP contribution in [0.2, 0.25) is 0 Å². The minimum absolute atomic E-state index is 0.156. The average molecular weight is 208 g/mol. The summed E-state index contributed by atoms with van der Waals surface area (Å²) in [6, 6.07) is 0. The highest BCUT2D eigenvalue weighted by Crippen LogP contribution is 2.34. The Morgan fingerprint density at radius 1 is 1.31 bits per heavy atom. The molecule has 2 amide bonds. The van der Waals surface area contributed by atoms with Crippen molar-refractivity contribution in [3.8, 4) is 0 Å². The molecular formula is C5H9N2O5P. The van der Waals surface area contributed by atoms with Gasteiger partial charge >= 0.3 is 7.60 Å². The van der Waals surface area contributed by atoms with Crippen molar-refractivity contribution >= 4 is 19.4 Å². The molecule has 1 heterocycles. The van der Waals surface area contributed by atoms with E-state index in [0.717, 1.165) is 4.90 Å². The minimum atomic E-state index is -4.19. The summed E-state index contributed by atoms with van der Waals surface area (Å²) in [5.74, 6) is -1.07. The second-order valence-corrected chi connectivity index (χ2v) is 4.38. The van der Waals surface area contributed by atoms with E-state index in [1.165, 1.54) is 0 Å². The van der Waals surface area contributed by atoms with Gasteiger partial charge < -0.3 is 9.79 Å². The average Bonchev–Trinajstić information content (AvgIpc) is 1.78. The molecular weight excluding hydrogens is 199 g/mol. The van der Waals surface area contributed by atoms with Crippen LogP contribution in [-0.4, -0.2) is 45.9 Å². The fourth-order valence-electron chi connectivity index (χ4n) is 1.06. The summed E-state index contributed by atoms with van der Waals surface area (Å²) < 4.78 is 10.5. The monoisotopic (exact) mass is 208 g/mol. The number of piperazine rings is 1. The van der Waals surface area contributed by atoms with Crippen molar-refractivity contribution in [3.63, 3.8) is 0 Å². The summed E-state index contributed by atoms with van der Waals surface area (Å²) in [6.07, 6.45) is -0.563. The molecule has 74 valence electrons. The van der Waals surface area contributed by atoms with Crippen LogP contribution in [0.5, 0.6) is 0 Å². The topological polar surface area (TPSA) is 107 Å². The predicted octanol–water partition coefficient (Wildman–Crippen LogP) is -1.92. The number of carbonyl (C=O) groups excluding carboxylic acids is 2. The van der Waals surface area contributed by atoms with E-state index in [0.29, 0.717) is 0 Å². The molecule has 0 bridgehead atoms. The molecule has 0 aromatic carbocycles. The molecule has 0 aromatic rings. The standard InChI is InChI=1S/C5H9N2O5P/c8-4-1-7(2-5(9)6-4)3-13(10,11)12/h1-3H2,(H,6,8,9)(H2,10,11,12). The van der Waals surface area contributed by atoms with Gasteiger partial charge in [0.15, 0.2) is 0 Å². The normalized spacial score (nSPS) is 20.2. The highest BCUT2D eigenvalue weighted by Gasteiger charge is 2.27. The molecule has 0 spiro atoms. The van der Waals surface area contributed by atoms with Gasteiger partial charge in [-0.2, -0.15) is 0 Å². The van der Waals surface area contributed by atoms with Crippen LogP contribution >= 0.6 is 7.60 Å². The lowest BCUT2D eigenvalue weighted by Crippen LogP contribution is -2.51. The second-order valence-electron chi connectivity index (χ2n) is 2.76. The number of hydrogen-bond donors (Lipinski definition) is 3. The van der Waals surface area contributed by atoms with Crippen molar-refractivity contribution in [2.75, 3.05) is 19.4 Å². The van der Waals surface area contributed by atoms with E-state index in [1.54, 1.807) is 0 Å². The number of rotatable bonds is 2. The molecule has 1 fully saturated rings. The van der Waals surface area contributed by atoms with Crippen molar-refractivity contribution in [1.29, 1.82) is 0 Å². The molecule has 13 heavy (non-hydrogen) atoms. The van der Waals surface area contributed by atoms with Crippen molar-refractivity contribution in [3.05, 3.63) is 0 Å². The largest absolute Gasteiger partial charge is 0.339 e. The van der Waals surface area contributed by atoms with Gasteiger partial charge in [-0.15, -0.1) is 0 Å². The lowest BCUT2D eigenvalue weighted by Gasteiger charge is -2.24. The first-order valence-electron chi connectivity index (χ1n) is 3.46. The van der Waals surface area contributed by atoms with Gasteiger partial charge in [-0.1, -0.05) is 0 Å². The summed E-state index contributed by atoms with van der Waals surface area (Å²) in [5, 5.41) is 2.02. The number of nitrogens with one attached hydrogen (secondary N) is 1. The van der Waals surface area contributed by atoms with Crippen LogP contribution in [0.1, 0.15) is 0 Å². The molecule has 0 radical (unpaired) electrons. The molecule has 1 saturated heterocycles. The summed E-state index contributed by atoms with van der Waals surface area (Å²) >= 11 is 0. The first-order chi connectivity index (χ1) is 5.87. The Morgan fingerprint density at radius 2 is 1.77 bits per heavy atom. The fourth-order valence-corrected chi connectivity index (χ4v) is 1.78. The lowest BCUT2D eigenvalue weighted by molar-refractivity contribution is -0.135. The van der Waals surface area contributed by atoms with Crippen molar-refractivity contribution in [2.24, 2.45) is 0 Å². The maximum Gasteiger partial charge on any atom is 0.339 e. The van der Waals surface area contributed by atoms with E-state index in [1.807, 2.05) is 5.32 Å². The second kappa shape index (κ2) is 3.55. The summed E-state index contributed by atoms with van der Waals surface area (Å²) in [7, 11) is -4.19. The Morgan fingerprint density at radius 3 is 2.15 bits per heavy atom. The number of amides is 2. The lowest BCUT2D eigenvalue weighted by atomic mass is 10.4. The minimum Gasteiger partial charge on any atom is -0.324 e. The van der Waals surface area contributed by atoms with Crippen molar-refractivity contribution in [2.45, 2.75) is 0 Å². The first-order valence-corrected chi connectivity index (χ1v) is 5.26. The van der Waals surface area contributed by atoms with E-state index in [-0.39, 0.29) is 13.1 Å². The fraction of sp³-hybridized carbons (Fsp3) is 0.600. The SMILES string of the molecule is O=C1CN(CP(=O)(O)O)CC(=O)N1. The van der Waals surface area contributed by atoms with Gasteiger partial charge in [0.2, 0.25) is 11.8 Å². The Kier molecular flexibility index (Phi) is 2.82. The molecule has 0 aliphatic carbocycles. The summed E-state index contributed by atoms with van der Waals surface area (Å²) in [5.41, 5.74) is 0. The molecule has 0 unspecified atom stereocenters. The molecule has 0 aromatic heterocycles. The zero-order valence-electron chi connectivity index (χ0n) is 6.63. The van der Waals surface area contributed by atoms with Crippen LogP contribution in [-0.2, 0) is 14.2 Å². The smallest absolute Gasteiger partial charge is 0.324 e.